The van der Waals surface area contributed by atoms with Crippen LogP contribution in [0.3, 0.4) is 0 Å². The van der Waals surface area contributed by atoms with E-state index < -0.39 is 0 Å². The van der Waals surface area contributed by atoms with Crippen LogP contribution in [0.25, 0.3) is 11.1 Å². The van der Waals surface area contributed by atoms with Gasteiger partial charge in [0.1, 0.15) is 5.69 Å². The molecule has 0 fully saturated rings. The van der Waals surface area contributed by atoms with Gasteiger partial charge in [0.15, 0.2) is 0 Å². The van der Waals surface area contributed by atoms with Gasteiger partial charge in [-0.1, -0.05) is 24.3 Å². The molecule has 0 N–H and O–H groups in total. The number of hydrogen-bond acceptors (Lipinski definition) is 4. The number of anilines is 1. The SMILES string of the molecule is C=CCCCN1CCSc2ccccc2-c2c1c(=O)c2=O. The maximum Gasteiger partial charge on any atom is 0.250 e. The summed E-state index contributed by atoms with van der Waals surface area (Å²) in [5.41, 5.74) is 1.48. The molecule has 21 heavy (non-hydrogen) atoms. The van der Waals surface area contributed by atoms with Crippen LogP contribution in [0.1, 0.15) is 12.8 Å². The minimum Gasteiger partial charge on any atom is -0.367 e. The third-order valence-electron chi connectivity index (χ3n) is 3.81. The summed E-state index contributed by atoms with van der Waals surface area (Å²) in [7, 11) is 0. The summed E-state index contributed by atoms with van der Waals surface area (Å²) in [6.45, 7) is 5.32. The van der Waals surface area contributed by atoms with E-state index in [2.05, 4.69) is 11.5 Å². The summed E-state index contributed by atoms with van der Waals surface area (Å²) in [5, 5.41) is 0. The van der Waals surface area contributed by atoms with Gasteiger partial charge in [-0.15, -0.1) is 18.3 Å². The first kappa shape index (κ1) is 14.1. The van der Waals surface area contributed by atoms with Crippen molar-refractivity contribution >= 4 is 17.4 Å². The number of rotatable bonds is 4. The third kappa shape index (κ3) is 2.44. The summed E-state index contributed by atoms with van der Waals surface area (Å²) in [6.07, 6.45) is 3.76. The summed E-state index contributed by atoms with van der Waals surface area (Å²) >= 11 is 1.75. The molecule has 1 aliphatic rings. The van der Waals surface area contributed by atoms with Gasteiger partial charge in [0.2, 0.25) is 10.9 Å². The van der Waals surface area contributed by atoms with E-state index in [0.717, 1.165) is 42.1 Å². The van der Waals surface area contributed by atoms with Crippen molar-refractivity contribution in [2.75, 3.05) is 23.7 Å². The van der Waals surface area contributed by atoms with Crippen molar-refractivity contribution in [1.29, 1.82) is 0 Å². The lowest BCUT2D eigenvalue weighted by Gasteiger charge is -2.30. The van der Waals surface area contributed by atoms with E-state index in [-0.39, 0.29) is 10.9 Å². The zero-order valence-corrected chi connectivity index (χ0v) is 12.6. The van der Waals surface area contributed by atoms with Crippen LogP contribution in [0.2, 0.25) is 0 Å². The topological polar surface area (TPSA) is 37.4 Å². The molecule has 0 amide bonds. The van der Waals surface area contributed by atoms with E-state index in [4.69, 9.17) is 0 Å². The second-order valence-electron chi connectivity index (χ2n) is 5.14. The second-order valence-corrected chi connectivity index (χ2v) is 6.28. The fourth-order valence-electron chi connectivity index (χ4n) is 2.76. The zero-order valence-electron chi connectivity index (χ0n) is 11.8. The quantitative estimate of drug-likeness (QED) is 0.494. The Hall–Kier alpha value is -1.81. The summed E-state index contributed by atoms with van der Waals surface area (Å²) in [4.78, 5) is 27.2. The van der Waals surface area contributed by atoms with Crippen molar-refractivity contribution < 1.29 is 0 Å². The zero-order chi connectivity index (χ0) is 14.8. The van der Waals surface area contributed by atoms with Gasteiger partial charge < -0.3 is 4.90 Å². The molecule has 0 aromatic heterocycles. The molecule has 1 heterocycles. The van der Waals surface area contributed by atoms with Gasteiger partial charge in [-0.3, -0.25) is 9.59 Å². The Kier molecular flexibility index (Phi) is 3.97. The highest BCUT2D eigenvalue weighted by Crippen LogP contribution is 2.37. The second kappa shape index (κ2) is 5.90. The van der Waals surface area contributed by atoms with Crippen LogP contribution in [0.5, 0.6) is 0 Å². The monoisotopic (exact) mass is 299 g/mol. The van der Waals surface area contributed by atoms with Crippen LogP contribution in [0.4, 0.5) is 5.69 Å². The number of hydrogen-bond donors (Lipinski definition) is 0. The molecule has 108 valence electrons. The molecule has 0 aliphatic carbocycles. The van der Waals surface area contributed by atoms with E-state index in [1.807, 2.05) is 30.3 Å². The summed E-state index contributed by atoms with van der Waals surface area (Å²) in [5.74, 6) is 0.920. The molecule has 1 aliphatic heterocycles. The molecule has 3 rings (SSSR count). The van der Waals surface area contributed by atoms with E-state index in [1.54, 1.807) is 11.8 Å². The highest BCUT2D eigenvalue weighted by molar-refractivity contribution is 7.99. The number of fused-ring (bicyclic) bond motifs is 3. The largest absolute Gasteiger partial charge is 0.367 e. The fourth-order valence-corrected chi connectivity index (χ4v) is 3.79. The normalized spacial score (nSPS) is 14.2. The Bertz CT molecular complexity index is 743. The van der Waals surface area contributed by atoms with E-state index in [1.165, 1.54) is 0 Å². The van der Waals surface area contributed by atoms with E-state index >= 15 is 0 Å². The minimum absolute atomic E-state index is 0.328. The van der Waals surface area contributed by atoms with Crippen molar-refractivity contribution in [2.24, 2.45) is 0 Å². The molecule has 2 aromatic carbocycles. The lowest BCUT2D eigenvalue weighted by atomic mass is 9.97. The first-order valence-electron chi connectivity index (χ1n) is 7.15. The maximum absolute atomic E-state index is 12.0. The molecule has 0 radical (unpaired) electrons. The lowest BCUT2D eigenvalue weighted by molar-refractivity contribution is 0.755. The molecule has 0 unspecified atom stereocenters. The van der Waals surface area contributed by atoms with Crippen LogP contribution in [0.15, 0.2) is 51.4 Å². The Labute approximate surface area is 128 Å². The van der Waals surface area contributed by atoms with E-state index in [9.17, 15) is 9.59 Å². The smallest absolute Gasteiger partial charge is 0.250 e. The van der Waals surface area contributed by atoms with Gasteiger partial charge in [0.05, 0.1) is 5.56 Å². The van der Waals surface area contributed by atoms with Crippen molar-refractivity contribution in [3.8, 4) is 11.1 Å². The minimum atomic E-state index is -0.339. The summed E-state index contributed by atoms with van der Waals surface area (Å²) < 4.78 is 0. The maximum atomic E-state index is 12.0. The van der Waals surface area contributed by atoms with Crippen molar-refractivity contribution in [2.45, 2.75) is 17.7 Å². The molecule has 0 bridgehead atoms. The predicted molar refractivity (Wildman–Crippen MR) is 89.2 cm³/mol. The predicted octanol–water partition coefficient (Wildman–Crippen LogP) is 2.83. The van der Waals surface area contributed by atoms with Crippen LogP contribution in [0, 0.1) is 0 Å². The Morgan fingerprint density at radius 1 is 1.24 bits per heavy atom. The molecular formula is C17H17NO2S. The van der Waals surface area contributed by atoms with Gasteiger partial charge in [-0.2, -0.15) is 0 Å². The standard InChI is InChI=1S/C17H17NO2S/c1-2-3-6-9-18-10-11-21-13-8-5-4-7-12(13)14-15(18)17(20)16(14)19/h2,4-5,7-8H,1,3,6,9-11H2. The molecule has 2 aromatic rings. The lowest BCUT2D eigenvalue weighted by Crippen LogP contribution is -2.44. The number of allylic oxidation sites excluding steroid dienone is 1. The van der Waals surface area contributed by atoms with Gasteiger partial charge in [0.25, 0.3) is 0 Å². The number of nitrogens with zero attached hydrogens (tertiary/aromatic N) is 1. The average molecular weight is 299 g/mol. The number of unbranched alkanes of at least 4 members (excludes halogenated alkanes) is 1. The Balaban J connectivity index is 2.02. The highest BCUT2D eigenvalue weighted by Gasteiger charge is 2.29. The van der Waals surface area contributed by atoms with Gasteiger partial charge in [-0.25, -0.2) is 0 Å². The Morgan fingerprint density at radius 2 is 2.05 bits per heavy atom. The Morgan fingerprint density at radius 3 is 2.86 bits per heavy atom. The van der Waals surface area contributed by atoms with Crippen LogP contribution in [-0.4, -0.2) is 18.8 Å². The molecule has 3 nitrogen and oxygen atoms in total. The highest BCUT2D eigenvalue weighted by atomic mass is 32.2. The van der Waals surface area contributed by atoms with Crippen molar-refractivity contribution in [3.63, 3.8) is 0 Å². The average Bonchev–Trinajstić information content (AvgIpc) is 2.49. The van der Waals surface area contributed by atoms with Crippen molar-refractivity contribution in [3.05, 3.63) is 57.4 Å². The van der Waals surface area contributed by atoms with Crippen molar-refractivity contribution in [1.82, 2.24) is 0 Å². The first-order chi connectivity index (χ1) is 10.2. The molecule has 0 atom stereocenters. The molecule has 4 heteroatoms. The molecular weight excluding hydrogens is 282 g/mol. The van der Waals surface area contributed by atoms with E-state index in [0.29, 0.717) is 11.3 Å². The molecule has 0 saturated heterocycles. The van der Waals surface area contributed by atoms with Gasteiger partial charge in [-0.05, 0) is 18.9 Å². The fraction of sp³-hybridized carbons (Fsp3) is 0.294. The third-order valence-corrected chi connectivity index (χ3v) is 4.87. The van der Waals surface area contributed by atoms with Crippen LogP contribution < -0.4 is 15.8 Å². The van der Waals surface area contributed by atoms with Gasteiger partial charge in [0, 0.05) is 29.3 Å². The number of benzene rings is 1. The van der Waals surface area contributed by atoms with Crippen LogP contribution >= 0.6 is 11.8 Å². The first-order valence-corrected chi connectivity index (χ1v) is 8.14. The summed E-state index contributed by atoms with van der Waals surface area (Å²) in [6, 6.07) is 7.85. The van der Waals surface area contributed by atoms with Gasteiger partial charge >= 0.3 is 0 Å². The molecule has 0 spiro atoms. The molecule has 0 saturated carbocycles. The van der Waals surface area contributed by atoms with Crippen LogP contribution in [-0.2, 0) is 0 Å². The number of thioether (sulfide) groups is 1.